The fraction of sp³-hybridized carbons (Fsp3) is 1.00. The summed E-state index contributed by atoms with van der Waals surface area (Å²) in [6.45, 7) is 28.0. The highest BCUT2D eigenvalue weighted by Gasteiger charge is 2.01. The first-order chi connectivity index (χ1) is 42.4. The fourth-order valence-corrected chi connectivity index (χ4v) is 5.99. The molecule has 0 amide bonds. The van der Waals surface area contributed by atoms with Crippen molar-refractivity contribution >= 4 is 0 Å². The summed E-state index contributed by atoms with van der Waals surface area (Å²) >= 11 is 0. The van der Waals surface area contributed by atoms with Crippen LogP contribution in [0.2, 0.25) is 0 Å². The van der Waals surface area contributed by atoms with Crippen molar-refractivity contribution in [2.24, 2.45) is 11.5 Å². The van der Waals surface area contributed by atoms with Crippen LogP contribution in [0.3, 0.4) is 0 Å². The quantitative estimate of drug-likeness (QED) is 0.0715. The van der Waals surface area contributed by atoms with Gasteiger partial charge >= 0.3 is 0 Å². The molecule has 29 nitrogen and oxygen atoms in total. The van der Waals surface area contributed by atoms with Crippen molar-refractivity contribution in [2.45, 2.75) is 0 Å². The molecule has 4 N–H and O–H groups in total. The van der Waals surface area contributed by atoms with Crippen LogP contribution in [0, 0.1) is 0 Å². The van der Waals surface area contributed by atoms with E-state index in [4.69, 9.17) is 139 Å². The number of ether oxygens (including phenoxy) is 27. The summed E-state index contributed by atoms with van der Waals surface area (Å²) in [6, 6.07) is 0. The van der Waals surface area contributed by atoms with Gasteiger partial charge in [0.25, 0.3) is 0 Å². The fourth-order valence-electron chi connectivity index (χ4n) is 5.99. The van der Waals surface area contributed by atoms with Gasteiger partial charge in [0.2, 0.25) is 0 Å². The average Bonchev–Trinajstić information content (AvgIpc) is 3.51. The molecule has 0 rings (SSSR count). The minimum Gasteiger partial charge on any atom is -0.378 e. The second-order valence-electron chi connectivity index (χ2n) is 17.1. The Morgan fingerprint density at radius 3 is 0.176 bits per heavy atom. The van der Waals surface area contributed by atoms with Crippen molar-refractivity contribution in [1.29, 1.82) is 0 Å². The Labute approximate surface area is 508 Å². The lowest BCUT2D eigenvalue weighted by Gasteiger charge is -2.09. The van der Waals surface area contributed by atoms with Crippen molar-refractivity contribution in [2.75, 3.05) is 370 Å². The normalized spacial score (nSPS) is 11.8. The van der Waals surface area contributed by atoms with Gasteiger partial charge in [-0.2, -0.15) is 0 Å². The molecule has 0 spiro atoms. The predicted molar refractivity (Wildman–Crippen MR) is 310 cm³/mol. The second-order valence-corrected chi connectivity index (χ2v) is 17.1. The zero-order valence-corrected chi connectivity index (χ0v) is 51.8. The molecular weight excluding hydrogens is 1130 g/mol. The molecule has 0 aromatic rings. The van der Waals surface area contributed by atoms with Crippen molar-refractivity contribution < 1.29 is 128 Å². The molecule has 29 heteroatoms. The standard InChI is InChI=1S/C56H116N2O27/c57-1-3-59-5-7-61-9-11-63-13-15-65-17-19-67-21-23-69-25-27-71-29-31-73-33-35-75-37-39-77-41-43-79-45-47-81-49-51-83-53-55-85-56-54-84-52-50-82-48-46-80-44-42-78-40-38-76-36-34-74-32-30-72-28-26-70-24-22-68-20-18-66-16-14-64-12-10-62-8-6-60-4-2-58/h1-58H2. The Balaban J connectivity index is 3.08. The molecule has 0 aliphatic rings. The lowest BCUT2D eigenvalue weighted by molar-refractivity contribution is -0.0322. The SMILES string of the molecule is NCCOCCOCCOCCOCCOCCOCCOCCOCCOCCOCCOCCOCCOCCOCCOCCOCCOCCOCCOCCOCCOCCOCCOCCOCCOCCOCCOCCN. The topological polar surface area (TPSA) is 301 Å². The van der Waals surface area contributed by atoms with Crippen LogP contribution in [0.15, 0.2) is 0 Å². The Hall–Kier alpha value is -1.16. The number of hydrogen-bond acceptors (Lipinski definition) is 29. The summed E-state index contributed by atoms with van der Waals surface area (Å²) in [4.78, 5) is 0. The first-order valence-corrected chi connectivity index (χ1v) is 30.4. The summed E-state index contributed by atoms with van der Waals surface area (Å²) in [6.07, 6.45) is 0. The monoisotopic (exact) mass is 1250 g/mol. The van der Waals surface area contributed by atoms with Crippen LogP contribution in [-0.2, 0) is 128 Å². The van der Waals surface area contributed by atoms with Gasteiger partial charge in [-0.1, -0.05) is 0 Å². The summed E-state index contributed by atoms with van der Waals surface area (Å²) in [5.41, 5.74) is 10.7. The average molecular weight is 1250 g/mol. The lowest BCUT2D eigenvalue weighted by Crippen LogP contribution is -2.16. The van der Waals surface area contributed by atoms with E-state index in [1.54, 1.807) is 0 Å². The highest BCUT2D eigenvalue weighted by Crippen LogP contribution is 1.92. The van der Waals surface area contributed by atoms with E-state index in [1.807, 2.05) is 0 Å². The van der Waals surface area contributed by atoms with Crippen LogP contribution in [0.1, 0.15) is 0 Å². The maximum absolute atomic E-state index is 5.53. The number of hydrogen-bond donors (Lipinski definition) is 2. The highest BCUT2D eigenvalue weighted by atomic mass is 16.6. The molecule has 0 fully saturated rings. The van der Waals surface area contributed by atoms with Crippen LogP contribution in [-0.4, -0.2) is 370 Å². The minimum atomic E-state index is 0.483. The van der Waals surface area contributed by atoms with Crippen molar-refractivity contribution in [3.63, 3.8) is 0 Å². The van der Waals surface area contributed by atoms with E-state index < -0.39 is 0 Å². The van der Waals surface area contributed by atoms with Gasteiger partial charge in [-0.05, 0) is 0 Å². The van der Waals surface area contributed by atoms with Gasteiger partial charge in [0.15, 0.2) is 0 Å². The second kappa shape index (κ2) is 82.8. The van der Waals surface area contributed by atoms with Gasteiger partial charge < -0.3 is 139 Å². The van der Waals surface area contributed by atoms with E-state index in [9.17, 15) is 0 Å². The van der Waals surface area contributed by atoms with E-state index in [0.717, 1.165) is 0 Å². The third-order valence-electron chi connectivity index (χ3n) is 10.2. The van der Waals surface area contributed by atoms with Gasteiger partial charge in [-0.15, -0.1) is 0 Å². The first-order valence-electron chi connectivity index (χ1n) is 30.4. The van der Waals surface area contributed by atoms with Crippen LogP contribution in [0.5, 0.6) is 0 Å². The molecule has 85 heavy (non-hydrogen) atoms. The van der Waals surface area contributed by atoms with Crippen molar-refractivity contribution in [3.8, 4) is 0 Å². The minimum absolute atomic E-state index is 0.483. The van der Waals surface area contributed by atoms with Gasteiger partial charge in [0.1, 0.15) is 0 Å². The van der Waals surface area contributed by atoms with Crippen LogP contribution >= 0.6 is 0 Å². The molecule has 0 aliphatic heterocycles. The lowest BCUT2D eigenvalue weighted by atomic mass is 10.6. The summed E-state index contributed by atoms with van der Waals surface area (Å²) in [7, 11) is 0. The Kier molecular flexibility index (Phi) is 81.7. The highest BCUT2D eigenvalue weighted by molar-refractivity contribution is 4.44. The third-order valence-corrected chi connectivity index (χ3v) is 10.2. The van der Waals surface area contributed by atoms with E-state index in [2.05, 4.69) is 0 Å². The Morgan fingerprint density at radius 1 is 0.0824 bits per heavy atom. The molecule has 0 saturated carbocycles. The molecule has 0 heterocycles. The summed E-state index contributed by atoms with van der Waals surface area (Å²) < 4.78 is 148. The maximum atomic E-state index is 5.53. The molecule has 0 unspecified atom stereocenters. The van der Waals surface area contributed by atoms with Crippen molar-refractivity contribution in [3.05, 3.63) is 0 Å². The Morgan fingerprint density at radius 2 is 0.129 bits per heavy atom. The van der Waals surface area contributed by atoms with Gasteiger partial charge in [-0.25, -0.2) is 0 Å². The smallest absolute Gasteiger partial charge is 0.0701 e. The van der Waals surface area contributed by atoms with E-state index >= 15 is 0 Å². The number of rotatable bonds is 82. The molecule has 0 aromatic carbocycles. The zero-order chi connectivity index (χ0) is 60.7. The molecule has 512 valence electrons. The summed E-state index contributed by atoms with van der Waals surface area (Å²) in [5.74, 6) is 0. The van der Waals surface area contributed by atoms with E-state index in [-0.39, 0.29) is 0 Å². The third kappa shape index (κ3) is 82.8. The maximum Gasteiger partial charge on any atom is 0.0701 e. The zero-order valence-electron chi connectivity index (χ0n) is 51.8. The van der Waals surface area contributed by atoms with Crippen LogP contribution in [0.25, 0.3) is 0 Å². The first kappa shape index (κ1) is 83.8. The molecule has 0 aliphatic carbocycles. The molecule has 0 radical (unpaired) electrons. The Bertz CT molecular complexity index is 1070. The summed E-state index contributed by atoms with van der Waals surface area (Å²) in [5, 5.41) is 0. The molecule has 0 bridgehead atoms. The van der Waals surface area contributed by atoms with Gasteiger partial charge in [0.05, 0.1) is 357 Å². The molecule has 0 aromatic heterocycles. The predicted octanol–water partition coefficient (Wildman–Crippen LogP) is -0.648. The molecular formula is C56H116N2O27. The van der Waals surface area contributed by atoms with E-state index in [0.29, 0.717) is 370 Å². The van der Waals surface area contributed by atoms with Gasteiger partial charge in [0, 0.05) is 13.1 Å². The number of nitrogens with two attached hydrogens (primary N) is 2. The van der Waals surface area contributed by atoms with E-state index in [1.165, 1.54) is 0 Å². The van der Waals surface area contributed by atoms with Crippen LogP contribution < -0.4 is 11.5 Å². The van der Waals surface area contributed by atoms with Crippen LogP contribution in [0.4, 0.5) is 0 Å². The molecule has 0 saturated heterocycles. The van der Waals surface area contributed by atoms with Gasteiger partial charge in [-0.3, -0.25) is 0 Å². The largest absolute Gasteiger partial charge is 0.378 e. The van der Waals surface area contributed by atoms with Crippen molar-refractivity contribution in [1.82, 2.24) is 0 Å². The molecule has 0 atom stereocenters.